The molecule has 1 aliphatic heterocycles. The molecule has 0 atom stereocenters. The van der Waals surface area contributed by atoms with Crippen molar-refractivity contribution in [1.29, 1.82) is 5.26 Å². The van der Waals surface area contributed by atoms with Crippen LogP contribution in [0.15, 0.2) is 60.3 Å². The zero-order valence-electron chi connectivity index (χ0n) is 17.7. The third kappa shape index (κ3) is 4.98. The highest BCUT2D eigenvalue weighted by atomic mass is 19.1. The molecule has 3 rings (SSSR count). The van der Waals surface area contributed by atoms with Gasteiger partial charge in [-0.3, -0.25) is 4.79 Å². The lowest BCUT2D eigenvalue weighted by atomic mass is 9.86. The van der Waals surface area contributed by atoms with E-state index >= 15 is 0 Å². The van der Waals surface area contributed by atoms with Crippen molar-refractivity contribution in [2.45, 2.75) is 26.2 Å². The average Bonchev–Trinajstić information content (AvgIpc) is 2.74. The summed E-state index contributed by atoms with van der Waals surface area (Å²) in [6.45, 7) is 8.64. The van der Waals surface area contributed by atoms with Gasteiger partial charge in [0.2, 0.25) is 0 Å². The maximum Gasteiger partial charge on any atom is 0.266 e. The number of carbonyl (C=O) groups excluding carboxylic acids is 1. The maximum atomic E-state index is 13.1. The molecule has 1 saturated heterocycles. The van der Waals surface area contributed by atoms with E-state index in [2.05, 4.69) is 31.0 Å². The number of amides is 1. The van der Waals surface area contributed by atoms with E-state index in [4.69, 9.17) is 0 Å². The molecule has 0 spiro atoms. The number of halogens is 1. The summed E-state index contributed by atoms with van der Waals surface area (Å²) in [6, 6.07) is 16.3. The van der Waals surface area contributed by atoms with E-state index < -0.39 is 0 Å². The molecular weight excluding hydrogens is 379 g/mol. The number of para-hydroxylation sites is 1. The van der Waals surface area contributed by atoms with Crippen LogP contribution in [0.4, 0.5) is 15.8 Å². The number of hydrogen-bond acceptors (Lipinski definition) is 4. The Labute approximate surface area is 177 Å². The summed E-state index contributed by atoms with van der Waals surface area (Å²) in [5.74, 6) is -0.547. The largest absolute Gasteiger partial charge is 0.368 e. The molecule has 1 N–H and O–H groups in total. The third-order valence-electron chi connectivity index (χ3n) is 5.22. The summed E-state index contributed by atoms with van der Waals surface area (Å²) >= 11 is 0. The van der Waals surface area contributed by atoms with E-state index in [1.807, 2.05) is 30.3 Å². The third-order valence-corrected chi connectivity index (χ3v) is 5.22. The smallest absolute Gasteiger partial charge is 0.266 e. The van der Waals surface area contributed by atoms with Gasteiger partial charge in [0.15, 0.2) is 0 Å². The molecule has 2 aromatic carbocycles. The molecule has 0 unspecified atom stereocenters. The number of piperazine rings is 1. The predicted octanol–water partition coefficient (Wildman–Crippen LogP) is 4.29. The fourth-order valence-electron chi connectivity index (χ4n) is 3.54. The molecule has 0 aromatic heterocycles. The van der Waals surface area contributed by atoms with Crippen molar-refractivity contribution < 1.29 is 9.18 Å². The van der Waals surface area contributed by atoms with Gasteiger partial charge in [-0.15, -0.1) is 0 Å². The minimum atomic E-state index is -0.281. The number of rotatable bonds is 4. The summed E-state index contributed by atoms with van der Waals surface area (Å²) < 4.78 is 13.1. The lowest BCUT2D eigenvalue weighted by Gasteiger charge is -2.36. The van der Waals surface area contributed by atoms with E-state index in [-0.39, 0.29) is 22.7 Å². The van der Waals surface area contributed by atoms with Gasteiger partial charge in [-0.25, -0.2) is 4.39 Å². The summed E-state index contributed by atoms with van der Waals surface area (Å²) in [5.41, 5.74) is 2.94. The molecule has 0 bridgehead atoms. The van der Waals surface area contributed by atoms with Gasteiger partial charge in [0.25, 0.3) is 5.91 Å². The topological polar surface area (TPSA) is 59.4 Å². The maximum absolute atomic E-state index is 13.1. The molecule has 5 nitrogen and oxygen atoms in total. The first kappa shape index (κ1) is 21.4. The fourth-order valence-corrected chi connectivity index (χ4v) is 3.54. The van der Waals surface area contributed by atoms with Gasteiger partial charge in [-0.05, 0) is 41.3 Å². The van der Waals surface area contributed by atoms with E-state index in [9.17, 15) is 14.4 Å². The quantitative estimate of drug-likeness (QED) is 0.608. The Morgan fingerprint density at radius 3 is 2.30 bits per heavy atom. The van der Waals surface area contributed by atoms with Crippen LogP contribution in [0.5, 0.6) is 0 Å². The Hall–Kier alpha value is -3.33. The van der Waals surface area contributed by atoms with Gasteiger partial charge in [-0.2, -0.15) is 5.26 Å². The molecule has 0 radical (unpaired) electrons. The molecule has 1 fully saturated rings. The lowest BCUT2D eigenvalue weighted by Crippen LogP contribution is -2.49. The number of nitrogens with zero attached hydrogens (tertiary/aromatic N) is 3. The first-order chi connectivity index (χ1) is 14.3. The fraction of sp³-hybridized carbons (Fsp3) is 0.333. The highest BCUT2D eigenvalue weighted by Crippen LogP contribution is 2.29. The summed E-state index contributed by atoms with van der Waals surface area (Å²) in [6.07, 6.45) is 1.50. The summed E-state index contributed by atoms with van der Waals surface area (Å²) in [7, 11) is 0. The summed E-state index contributed by atoms with van der Waals surface area (Å²) in [4.78, 5) is 16.6. The van der Waals surface area contributed by atoms with Crippen molar-refractivity contribution >= 4 is 17.3 Å². The Morgan fingerprint density at radius 2 is 1.70 bits per heavy atom. The molecule has 1 amide bonds. The molecule has 30 heavy (non-hydrogen) atoms. The molecule has 156 valence electrons. The van der Waals surface area contributed by atoms with Crippen molar-refractivity contribution in [3.05, 3.63) is 71.7 Å². The molecule has 0 aliphatic carbocycles. The van der Waals surface area contributed by atoms with Crippen LogP contribution in [-0.4, -0.2) is 37.0 Å². The van der Waals surface area contributed by atoms with Gasteiger partial charge in [0.05, 0.1) is 0 Å². The van der Waals surface area contributed by atoms with Crippen LogP contribution >= 0.6 is 0 Å². The van der Waals surface area contributed by atoms with Gasteiger partial charge >= 0.3 is 0 Å². The standard InChI is InChI=1S/C24H27FN4O/c1-24(2,3)21-6-4-5-7-22(21)27-17-18(16-26)23(30)29-14-12-28(13-15-29)20-10-8-19(25)9-11-20/h4-11,17,27H,12-15H2,1-3H3/b18-17-. The monoisotopic (exact) mass is 406 g/mol. The first-order valence-electron chi connectivity index (χ1n) is 10.1. The zero-order chi connectivity index (χ0) is 21.7. The second-order valence-electron chi connectivity index (χ2n) is 8.37. The van der Waals surface area contributed by atoms with Crippen LogP contribution in [0.25, 0.3) is 0 Å². The van der Waals surface area contributed by atoms with Crippen LogP contribution in [0.3, 0.4) is 0 Å². The number of nitrogens with one attached hydrogen (secondary N) is 1. The van der Waals surface area contributed by atoms with Crippen LogP contribution in [0, 0.1) is 17.1 Å². The van der Waals surface area contributed by atoms with Gasteiger partial charge in [0, 0.05) is 43.8 Å². The Balaban J connectivity index is 1.66. The number of benzene rings is 2. The molecule has 2 aromatic rings. The van der Waals surface area contributed by atoms with Crippen molar-refractivity contribution in [2.75, 3.05) is 36.4 Å². The van der Waals surface area contributed by atoms with Crippen LogP contribution < -0.4 is 10.2 Å². The van der Waals surface area contributed by atoms with Crippen LogP contribution in [0.2, 0.25) is 0 Å². The normalized spacial score (nSPS) is 15.0. The molecular formula is C24H27FN4O. The minimum absolute atomic E-state index is 0.0646. The lowest BCUT2D eigenvalue weighted by molar-refractivity contribution is -0.127. The van der Waals surface area contributed by atoms with Crippen molar-refractivity contribution in [1.82, 2.24) is 4.90 Å². The zero-order valence-corrected chi connectivity index (χ0v) is 17.7. The van der Waals surface area contributed by atoms with Crippen LogP contribution in [-0.2, 0) is 10.2 Å². The molecule has 1 aliphatic rings. The Kier molecular flexibility index (Phi) is 6.41. The molecule has 1 heterocycles. The van der Waals surface area contributed by atoms with Gasteiger partial charge in [0.1, 0.15) is 17.5 Å². The number of anilines is 2. The van der Waals surface area contributed by atoms with Crippen LogP contribution in [0.1, 0.15) is 26.3 Å². The van der Waals surface area contributed by atoms with Gasteiger partial charge in [-0.1, -0.05) is 39.0 Å². The highest BCUT2D eigenvalue weighted by molar-refractivity contribution is 5.97. The minimum Gasteiger partial charge on any atom is -0.368 e. The Bertz CT molecular complexity index is 962. The first-order valence-corrected chi connectivity index (χ1v) is 10.1. The predicted molar refractivity (Wildman–Crippen MR) is 118 cm³/mol. The van der Waals surface area contributed by atoms with Gasteiger partial charge < -0.3 is 15.1 Å². The number of carbonyl (C=O) groups is 1. The Morgan fingerprint density at radius 1 is 1.07 bits per heavy atom. The molecule has 0 saturated carbocycles. The second-order valence-corrected chi connectivity index (χ2v) is 8.37. The highest BCUT2D eigenvalue weighted by Gasteiger charge is 2.24. The van der Waals surface area contributed by atoms with E-state index in [1.54, 1.807) is 17.0 Å². The SMILES string of the molecule is CC(C)(C)c1ccccc1N/C=C(/C#N)C(=O)N1CCN(c2ccc(F)cc2)CC1. The number of hydrogen-bond donors (Lipinski definition) is 1. The van der Waals surface area contributed by atoms with E-state index in [0.29, 0.717) is 26.2 Å². The molecule has 6 heteroatoms. The number of nitriles is 1. The van der Waals surface area contributed by atoms with Crippen molar-refractivity contribution in [2.24, 2.45) is 0 Å². The summed E-state index contributed by atoms with van der Waals surface area (Å²) in [5, 5.41) is 12.7. The average molecular weight is 407 g/mol. The van der Waals surface area contributed by atoms with E-state index in [1.165, 1.54) is 18.3 Å². The van der Waals surface area contributed by atoms with E-state index in [0.717, 1.165) is 16.9 Å². The van der Waals surface area contributed by atoms with Crippen molar-refractivity contribution in [3.63, 3.8) is 0 Å². The second kappa shape index (κ2) is 9.00. The van der Waals surface area contributed by atoms with Crippen molar-refractivity contribution in [3.8, 4) is 6.07 Å².